The zero-order valence-electron chi connectivity index (χ0n) is 9.63. The van der Waals surface area contributed by atoms with E-state index in [9.17, 15) is 9.18 Å². The van der Waals surface area contributed by atoms with Crippen molar-refractivity contribution >= 4 is 5.97 Å². The number of halogens is 1. The highest BCUT2D eigenvalue weighted by molar-refractivity contribution is 5.83. The summed E-state index contributed by atoms with van der Waals surface area (Å²) in [5.74, 6) is -0.969. The van der Waals surface area contributed by atoms with Crippen LogP contribution in [0.15, 0.2) is 30.5 Å². The van der Waals surface area contributed by atoms with Crippen LogP contribution in [0.1, 0.15) is 16.3 Å². The fraction of sp³-hybridized carbons (Fsp3) is 0.167. The van der Waals surface area contributed by atoms with Gasteiger partial charge in [0.25, 0.3) is 0 Å². The van der Waals surface area contributed by atoms with Crippen molar-refractivity contribution in [2.45, 2.75) is 6.61 Å². The maximum Gasteiger partial charge on any atom is 0.372 e. The molecule has 2 aromatic rings. The molecule has 1 heterocycles. The van der Waals surface area contributed by atoms with Gasteiger partial charge in [-0.2, -0.15) is 0 Å². The van der Waals surface area contributed by atoms with E-state index in [-0.39, 0.29) is 18.2 Å². The Hall–Kier alpha value is -2.37. The summed E-state index contributed by atoms with van der Waals surface area (Å²) in [6.07, 6.45) is 1.44. The van der Waals surface area contributed by atoms with Gasteiger partial charge in [0.2, 0.25) is 5.82 Å². The van der Waals surface area contributed by atoms with Crippen molar-refractivity contribution in [2.24, 2.45) is 7.05 Å². The molecule has 1 aromatic heterocycles. The summed E-state index contributed by atoms with van der Waals surface area (Å²) in [6, 6.07) is 5.59. The zero-order chi connectivity index (χ0) is 13.1. The first-order valence-corrected chi connectivity index (χ1v) is 5.20. The number of aromatic nitrogens is 2. The van der Waals surface area contributed by atoms with Crippen LogP contribution in [-0.4, -0.2) is 20.6 Å². The molecule has 0 saturated heterocycles. The van der Waals surface area contributed by atoms with E-state index in [2.05, 4.69) is 4.98 Å². The van der Waals surface area contributed by atoms with E-state index in [1.165, 1.54) is 35.0 Å². The molecule has 0 aliphatic rings. The van der Waals surface area contributed by atoms with E-state index >= 15 is 0 Å². The lowest BCUT2D eigenvalue weighted by molar-refractivity contribution is 0.0679. The van der Waals surface area contributed by atoms with Gasteiger partial charge in [-0.25, -0.2) is 14.2 Å². The first-order chi connectivity index (χ1) is 8.58. The van der Waals surface area contributed by atoms with Gasteiger partial charge in [0, 0.05) is 7.05 Å². The third-order valence-corrected chi connectivity index (χ3v) is 2.48. The van der Waals surface area contributed by atoms with Gasteiger partial charge in [0.15, 0.2) is 0 Å². The highest BCUT2D eigenvalue weighted by atomic mass is 19.1. The molecular weight excluding hydrogens is 239 g/mol. The Kier molecular flexibility index (Phi) is 3.27. The fourth-order valence-corrected chi connectivity index (χ4v) is 1.47. The van der Waals surface area contributed by atoms with Crippen molar-refractivity contribution < 1.29 is 19.0 Å². The number of carbonyl (C=O) groups is 1. The van der Waals surface area contributed by atoms with Crippen molar-refractivity contribution in [3.05, 3.63) is 47.8 Å². The van der Waals surface area contributed by atoms with Gasteiger partial charge >= 0.3 is 5.97 Å². The van der Waals surface area contributed by atoms with Gasteiger partial charge in [0.05, 0.1) is 11.9 Å². The summed E-state index contributed by atoms with van der Waals surface area (Å²) in [5, 5.41) is 8.83. The van der Waals surface area contributed by atoms with Gasteiger partial charge < -0.3 is 14.4 Å². The molecule has 0 radical (unpaired) electrons. The van der Waals surface area contributed by atoms with Crippen molar-refractivity contribution in [3.8, 4) is 5.75 Å². The third-order valence-electron chi connectivity index (χ3n) is 2.48. The maximum atomic E-state index is 12.7. The first kappa shape index (κ1) is 12.1. The lowest BCUT2D eigenvalue weighted by Crippen LogP contribution is -2.09. The number of rotatable bonds is 4. The monoisotopic (exact) mass is 250 g/mol. The molecule has 18 heavy (non-hydrogen) atoms. The van der Waals surface area contributed by atoms with Gasteiger partial charge in [0.1, 0.15) is 18.2 Å². The quantitative estimate of drug-likeness (QED) is 0.899. The van der Waals surface area contributed by atoms with E-state index in [4.69, 9.17) is 9.84 Å². The van der Waals surface area contributed by atoms with E-state index in [1.54, 1.807) is 7.05 Å². The van der Waals surface area contributed by atoms with Crippen molar-refractivity contribution in [1.82, 2.24) is 9.55 Å². The summed E-state index contributed by atoms with van der Waals surface area (Å²) in [7, 11) is 1.60. The van der Waals surface area contributed by atoms with Crippen LogP contribution in [0.25, 0.3) is 0 Å². The Labute approximate surface area is 102 Å². The lowest BCUT2D eigenvalue weighted by atomic mass is 10.3. The van der Waals surface area contributed by atoms with Crippen LogP contribution in [0, 0.1) is 5.82 Å². The normalized spacial score (nSPS) is 10.3. The third kappa shape index (κ3) is 2.48. The summed E-state index contributed by atoms with van der Waals surface area (Å²) < 4.78 is 19.5. The molecular formula is C12H11FN2O3. The van der Waals surface area contributed by atoms with Crippen LogP contribution in [-0.2, 0) is 13.7 Å². The molecule has 0 atom stereocenters. The van der Waals surface area contributed by atoms with Gasteiger partial charge in [-0.05, 0) is 24.3 Å². The van der Waals surface area contributed by atoms with E-state index in [0.29, 0.717) is 11.4 Å². The molecule has 0 aliphatic carbocycles. The Morgan fingerprint density at radius 1 is 1.44 bits per heavy atom. The minimum atomic E-state index is -1.09. The molecule has 1 N–H and O–H groups in total. The number of hydrogen-bond donors (Lipinski definition) is 1. The summed E-state index contributed by atoms with van der Waals surface area (Å²) in [6.45, 7) is 0.169. The maximum absolute atomic E-state index is 12.7. The second-order valence-corrected chi connectivity index (χ2v) is 3.68. The SMILES string of the molecule is Cn1c(COc2ccc(F)cc2)cnc1C(=O)O. The van der Waals surface area contributed by atoms with Crippen LogP contribution in [0.4, 0.5) is 4.39 Å². The predicted molar refractivity (Wildman–Crippen MR) is 60.9 cm³/mol. The molecule has 0 aliphatic heterocycles. The minimum absolute atomic E-state index is 0.0484. The average molecular weight is 250 g/mol. The second kappa shape index (κ2) is 4.87. The van der Waals surface area contributed by atoms with Crippen LogP contribution in [0.2, 0.25) is 0 Å². The number of carboxylic acid groups (broad SMARTS) is 1. The van der Waals surface area contributed by atoms with Crippen LogP contribution >= 0.6 is 0 Å². The smallest absolute Gasteiger partial charge is 0.372 e. The number of aromatic carboxylic acids is 1. The van der Waals surface area contributed by atoms with Crippen LogP contribution < -0.4 is 4.74 Å². The van der Waals surface area contributed by atoms with Crippen LogP contribution in [0.3, 0.4) is 0 Å². The summed E-state index contributed by atoms with van der Waals surface area (Å²) in [5.41, 5.74) is 0.622. The molecule has 0 unspecified atom stereocenters. The van der Waals surface area contributed by atoms with Crippen molar-refractivity contribution in [2.75, 3.05) is 0 Å². The molecule has 0 spiro atoms. The lowest BCUT2D eigenvalue weighted by Gasteiger charge is -2.06. The van der Waals surface area contributed by atoms with E-state index in [0.717, 1.165) is 0 Å². The number of benzene rings is 1. The molecule has 0 fully saturated rings. The number of carboxylic acids is 1. The molecule has 94 valence electrons. The molecule has 2 rings (SSSR count). The van der Waals surface area contributed by atoms with Crippen molar-refractivity contribution in [3.63, 3.8) is 0 Å². The molecule has 5 nitrogen and oxygen atoms in total. The standard InChI is InChI=1S/C12H11FN2O3/c1-15-9(6-14-11(15)12(16)17)7-18-10-4-2-8(13)3-5-10/h2-6H,7H2,1H3,(H,16,17). The van der Waals surface area contributed by atoms with Gasteiger partial charge in [-0.3, -0.25) is 0 Å². The molecule has 0 saturated carbocycles. The highest BCUT2D eigenvalue weighted by Gasteiger charge is 2.12. The second-order valence-electron chi connectivity index (χ2n) is 3.68. The molecule has 1 aromatic carbocycles. The van der Waals surface area contributed by atoms with Gasteiger partial charge in [-0.1, -0.05) is 0 Å². The zero-order valence-corrected chi connectivity index (χ0v) is 9.63. The summed E-state index contributed by atoms with van der Waals surface area (Å²) in [4.78, 5) is 14.5. The Morgan fingerprint density at radius 3 is 2.67 bits per heavy atom. The Morgan fingerprint density at radius 2 is 2.11 bits per heavy atom. The first-order valence-electron chi connectivity index (χ1n) is 5.20. The Bertz CT molecular complexity index is 563. The average Bonchev–Trinajstić information content (AvgIpc) is 2.70. The molecule has 0 bridgehead atoms. The van der Waals surface area contributed by atoms with Crippen LogP contribution in [0.5, 0.6) is 5.75 Å². The number of ether oxygens (including phenoxy) is 1. The molecule has 0 amide bonds. The van der Waals surface area contributed by atoms with E-state index < -0.39 is 5.97 Å². The Balaban J connectivity index is 2.06. The van der Waals surface area contributed by atoms with Gasteiger partial charge in [-0.15, -0.1) is 0 Å². The largest absolute Gasteiger partial charge is 0.487 e. The van der Waals surface area contributed by atoms with Crippen molar-refractivity contribution in [1.29, 1.82) is 0 Å². The van der Waals surface area contributed by atoms with E-state index in [1.807, 2.05) is 0 Å². The number of nitrogens with zero attached hydrogens (tertiary/aromatic N) is 2. The number of hydrogen-bond acceptors (Lipinski definition) is 3. The summed E-state index contributed by atoms with van der Waals surface area (Å²) >= 11 is 0. The number of imidazole rings is 1. The highest BCUT2D eigenvalue weighted by Crippen LogP contribution is 2.13. The topological polar surface area (TPSA) is 64.4 Å². The minimum Gasteiger partial charge on any atom is -0.487 e. The molecule has 6 heteroatoms. The predicted octanol–water partition coefficient (Wildman–Crippen LogP) is 1.84. The fourth-order valence-electron chi connectivity index (χ4n) is 1.47.